The predicted octanol–water partition coefficient (Wildman–Crippen LogP) is 2.48. The van der Waals surface area contributed by atoms with Gasteiger partial charge in [0.25, 0.3) is 5.91 Å². The van der Waals surface area contributed by atoms with Crippen molar-refractivity contribution < 1.29 is 24.2 Å². The van der Waals surface area contributed by atoms with E-state index in [1.807, 2.05) is 32.1 Å². The lowest BCUT2D eigenvalue weighted by atomic mass is 10.1. The Kier molecular flexibility index (Phi) is 7.66. The number of amides is 1. The van der Waals surface area contributed by atoms with Crippen LogP contribution in [0.15, 0.2) is 24.3 Å². The number of ether oxygens (including phenoxy) is 2. The van der Waals surface area contributed by atoms with Crippen LogP contribution in [0.2, 0.25) is 0 Å². The molecule has 0 saturated carbocycles. The minimum atomic E-state index is -1.05. The van der Waals surface area contributed by atoms with E-state index in [-0.39, 0.29) is 6.61 Å². The Balaban J connectivity index is 2.66. The molecule has 0 bridgehead atoms. The van der Waals surface area contributed by atoms with Crippen molar-refractivity contribution in [2.45, 2.75) is 32.7 Å². The lowest BCUT2D eigenvalue weighted by Crippen LogP contribution is -2.42. The molecule has 1 rings (SSSR count). The molecule has 2 N–H and O–H groups in total. The molecule has 0 fully saturated rings. The smallest absolute Gasteiger partial charge is 0.326 e. The number of carbonyl (C=O) groups is 2. The summed E-state index contributed by atoms with van der Waals surface area (Å²) in [5.41, 5.74) is 0.954. The SMILES string of the molecule is C/C=C/c1ccc(OCC(=O)NC(CCC)C(=O)O)c(OC)c1. The fourth-order valence-corrected chi connectivity index (χ4v) is 2.02. The lowest BCUT2D eigenvalue weighted by Gasteiger charge is -2.15. The quantitative estimate of drug-likeness (QED) is 0.730. The molecule has 23 heavy (non-hydrogen) atoms. The van der Waals surface area contributed by atoms with Gasteiger partial charge in [-0.2, -0.15) is 0 Å². The first-order chi connectivity index (χ1) is 11.0. The molecule has 126 valence electrons. The molecule has 0 saturated heterocycles. The second-order valence-corrected chi connectivity index (χ2v) is 4.95. The minimum Gasteiger partial charge on any atom is -0.493 e. The maximum atomic E-state index is 11.8. The Morgan fingerprint density at radius 2 is 2.09 bits per heavy atom. The fraction of sp³-hybridized carbons (Fsp3) is 0.412. The first-order valence-corrected chi connectivity index (χ1v) is 7.47. The Morgan fingerprint density at radius 3 is 2.65 bits per heavy atom. The molecule has 6 nitrogen and oxygen atoms in total. The fourth-order valence-electron chi connectivity index (χ4n) is 2.02. The van der Waals surface area contributed by atoms with Crippen LogP contribution in [0.3, 0.4) is 0 Å². The topological polar surface area (TPSA) is 84.9 Å². The Morgan fingerprint density at radius 1 is 1.35 bits per heavy atom. The summed E-state index contributed by atoms with van der Waals surface area (Å²) in [4.78, 5) is 22.8. The van der Waals surface area contributed by atoms with Crippen molar-refractivity contribution in [2.24, 2.45) is 0 Å². The molecule has 1 atom stereocenters. The maximum absolute atomic E-state index is 11.8. The van der Waals surface area contributed by atoms with Gasteiger partial charge in [0.15, 0.2) is 18.1 Å². The van der Waals surface area contributed by atoms with Crippen molar-refractivity contribution in [3.05, 3.63) is 29.8 Å². The Labute approximate surface area is 136 Å². The van der Waals surface area contributed by atoms with Gasteiger partial charge >= 0.3 is 5.97 Å². The third-order valence-electron chi connectivity index (χ3n) is 3.12. The van der Waals surface area contributed by atoms with E-state index in [0.717, 1.165) is 5.56 Å². The number of carbonyl (C=O) groups excluding carboxylic acids is 1. The van der Waals surface area contributed by atoms with Crippen molar-refractivity contribution in [2.75, 3.05) is 13.7 Å². The van der Waals surface area contributed by atoms with E-state index in [2.05, 4.69) is 5.32 Å². The van der Waals surface area contributed by atoms with Gasteiger partial charge in [0.1, 0.15) is 6.04 Å². The molecule has 0 radical (unpaired) electrons. The third kappa shape index (κ3) is 6.02. The highest BCUT2D eigenvalue weighted by atomic mass is 16.5. The molecule has 1 unspecified atom stereocenters. The molecule has 0 spiro atoms. The molecule has 1 aromatic carbocycles. The molecule has 0 aliphatic rings. The number of carboxylic acid groups (broad SMARTS) is 1. The molecule has 1 amide bonds. The van der Waals surface area contributed by atoms with Gasteiger partial charge in [0.05, 0.1) is 7.11 Å². The number of hydrogen-bond acceptors (Lipinski definition) is 4. The molecule has 0 aliphatic heterocycles. The van der Waals surface area contributed by atoms with E-state index in [1.54, 1.807) is 12.1 Å². The summed E-state index contributed by atoms with van der Waals surface area (Å²) in [7, 11) is 1.52. The zero-order valence-corrected chi connectivity index (χ0v) is 13.7. The van der Waals surface area contributed by atoms with Crippen LogP contribution in [0, 0.1) is 0 Å². The summed E-state index contributed by atoms with van der Waals surface area (Å²) < 4.78 is 10.7. The average molecular weight is 321 g/mol. The van der Waals surface area contributed by atoms with E-state index in [9.17, 15) is 9.59 Å². The van der Waals surface area contributed by atoms with Crippen LogP contribution >= 0.6 is 0 Å². The second kappa shape index (κ2) is 9.50. The molecular weight excluding hydrogens is 298 g/mol. The van der Waals surface area contributed by atoms with Gasteiger partial charge in [-0.05, 0) is 31.0 Å². The van der Waals surface area contributed by atoms with Gasteiger partial charge < -0.3 is 19.9 Å². The standard InChI is InChI=1S/C17H23NO5/c1-4-6-12-8-9-14(15(10-12)22-3)23-11-16(19)18-13(7-5-2)17(20)21/h4,6,8-10,13H,5,7,11H2,1-3H3,(H,18,19)(H,20,21)/b6-4+. The van der Waals surface area contributed by atoms with Crippen molar-refractivity contribution in [1.29, 1.82) is 0 Å². The van der Waals surface area contributed by atoms with Crippen LogP contribution in [0.5, 0.6) is 11.5 Å². The zero-order chi connectivity index (χ0) is 17.2. The number of aliphatic carboxylic acids is 1. The summed E-state index contributed by atoms with van der Waals surface area (Å²) >= 11 is 0. The van der Waals surface area contributed by atoms with E-state index in [1.165, 1.54) is 7.11 Å². The summed E-state index contributed by atoms with van der Waals surface area (Å²) in [6.07, 6.45) is 4.87. The second-order valence-electron chi connectivity index (χ2n) is 4.95. The number of nitrogens with one attached hydrogen (secondary N) is 1. The highest BCUT2D eigenvalue weighted by Gasteiger charge is 2.19. The number of carboxylic acids is 1. The van der Waals surface area contributed by atoms with Crippen LogP contribution in [-0.4, -0.2) is 36.7 Å². The van der Waals surface area contributed by atoms with Gasteiger partial charge in [0.2, 0.25) is 0 Å². The van der Waals surface area contributed by atoms with Crippen LogP contribution < -0.4 is 14.8 Å². The Hall–Kier alpha value is -2.50. The van der Waals surface area contributed by atoms with E-state index < -0.39 is 17.9 Å². The van der Waals surface area contributed by atoms with E-state index >= 15 is 0 Å². The van der Waals surface area contributed by atoms with Crippen molar-refractivity contribution in [3.8, 4) is 11.5 Å². The summed E-state index contributed by atoms with van der Waals surface area (Å²) in [6.45, 7) is 3.50. The number of methoxy groups -OCH3 is 1. The monoisotopic (exact) mass is 321 g/mol. The maximum Gasteiger partial charge on any atom is 0.326 e. The summed E-state index contributed by atoms with van der Waals surface area (Å²) in [5, 5.41) is 11.5. The number of hydrogen-bond donors (Lipinski definition) is 2. The molecule has 0 heterocycles. The normalized spacial score (nSPS) is 12.0. The largest absolute Gasteiger partial charge is 0.493 e. The average Bonchev–Trinajstić information content (AvgIpc) is 2.53. The molecule has 1 aromatic rings. The highest BCUT2D eigenvalue weighted by Crippen LogP contribution is 2.28. The number of benzene rings is 1. The van der Waals surface area contributed by atoms with E-state index in [4.69, 9.17) is 14.6 Å². The van der Waals surface area contributed by atoms with Gasteiger partial charge in [-0.1, -0.05) is 31.6 Å². The van der Waals surface area contributed by atoms with Gasteiger partial charge in [-0.3, -0.25) is 4.79 Å². The van der Waals surface area contributed by atoms with Gasteiger partial charge in [0, 0.05) is 0 Å². The summed E-state index contributed by atoms with van der Waals surface area (Å²) in [6, 6.07) is 4.45. The molecule has 0 aliphatic carbocycles. The highest BCUT2D eigenvalue weighted by molar-refractivity contribution is 5.84. The van der Waals surface area contributed by atoms with Crippen LogP contribution in [-0.2, 0) is 9.59 Å². The third-order valence-corrected chi connectivity index (χ3v) is 3.12. The lowest BCUT2D eigenvalue weighted by molar-refractivity contribution is -0.142. The van der Waals surface area contributed by atoms with Crippen molar-refractivity contribution in [3.63, 3.8) is 0 Å². The molecule has 0 aromatic heterocycles. The Bertz CT molecular complexity index is 568. The zero-order valence-electron chi connectivity index (χ0n) is 13.7. The molecular formula is C17H23NO5. The van der Waals surface area contributed by atoms with Crippen LogP contribution in [0.1, 0.15) is 32.3 Å². The van der Waals surface area contributed by atoms with Gasteiger partial charge in [-0.25, -0.2) is 4.79 Å². The number of allylic oxidation sites excluding steroid dienone is 1. The van der Waals surface area contributed by atoms with Gasteiger partial charge in [-0.15, -0.1) is 0 Å². The van der Waals surface area contributed by atoms with E-state index in [0.29, 0.717) is 24.3 Å². The minimum absolute atomic E-state index is 0.271. The van der Waals surface area contributed by atoms with Crippen molar-refractivity contribution in [1.82, 2.24) is 5.32 Å². The van der Waals surface area contributed by atoms with Crippen LogP contribution in [0.25, 0.3) is 6.08 Å². The first-order valence-electron chi connectivity index (χ1n) is 7.47. The summed E-state index contributed by atoms with van der Waals surface area (Å²) in [5.74, 6) is -0.589. The van der Waals surface area contributed by atoms with Crippen LogP contribution in [0.4, 0.5) is 0 Å². The van der Waals surface area contributed by atoms with Crippen molar-refractivity contribution >= 4 is 18.0 Å². The number of rotatable bonds is 9. The first kappa shape index (κ1) is 18.5. The predicted molar refractivity (Wildman–Crippen MR) is 87.7 cm³/mol. The molecule has 6 heteroatoms.